The zero-order chi connectivity index (χ0) is 23.7. The molecule has 33 heavy (non-hydrogen) atoms. The van der Waals surface area contributed by atoms with Crippen LogP contribution in [0.1, 0.15) is 15.2 Å². The van der Waals surface area contributed by atoms with E-state index in [0.29, 0.717) is 57.0 Å². The summed E-state index contributed by atoms with van der Waals surface area (Å²) in [6.07, 6.45) is 0. The van der Waals surface area contributed by atoms with E-state index in [1.165, 1.54) is 23.5 Å². The van der Waals surface area contributed by atoms with Crippen molar-refractivity contribution < 1.29 is 14.5 Å². The average Bonchev–Trinajstić information content (AvgIpc) is 3.14. The molecule has 1 N–H and O–H groups in total. The topological polar surface area (TPSA) is 88.0 Å². The van der Waals surface area contributed by atoms with Gasteiger partial charge < -0.3 is 19.9 Å². The van der Waals surface area contributed by atoms with Crippen LogP contribution in [0.5, 0.6) is 5.75 Å². The lowest BCUT2D eigenvalue weighted by Crippen LogP contribution is -2.51. The van der Waals surface area contributed by atoms with Crippen LogP contribution in [-0.4, -0.2) is 59.0 Å². The normalized spacial score (nSPS) is 13.8. The van der Waals surface area contributed by atoms with Gasteiger partial charge in [0.15, 0.2) is 5.11 Å². The molecule has 1 amide bonds. The van der Waals surface area contributed by atoms with Crippen molar-refractivity contribution in [2.45, 2.75) is 6.92 Å². The van der Waals surface area contributed by atoms with Gasteiger partial charge in [0.2, 0.25) is 0 Å². The van der Waals surface area contributed by atoms with E-state index in [9.17, 15) is 14.9 Å². The van der Waals surface area contributed by atoms with Crippen LogP contribution in [0.2, 0.25) is 5.02 Å². The molecule has 0 aliphatic carbocycles. The second-order valence-electron chi connectivity index (χ2n) is 7.60. The van der Waals surface area contributed by atoms with Crippen LogP contribution >= 0.6 is 35.2 Å². The Morgan fingerprint density at radius 1 is 1.18 bits per heavy atom. The van der Waals surface area contributed by atoms with Crippen LogP contribution in [0.3, 0.4) is 0 Å². The number of nitro benzene ring substituents is 1. The maximum absolute atomic E-state index is 13.1. The number of amides is 1. The molecule has 2 heterocycles. The van der Waals surface area contributed by atoms with E-state index in [1.807, 2.05) is 30.0 Å². The summed E-state index contributed by atoms with van der Waals surface area (Å²) in [5.41, 5.74) is 1.86. The van der Waals surface area contributed by atoms with Gasteiger partial charge in [-0.15, -0.1) is 11.3 Å². The van der Waals surface area contributed by atoms with Gasteiger partial charge in [0, 0.05) is 48.4 Å². The minimum absolute atomic E-state index is 0.0284. The lowest BCUT2D eigenvalue weighted by molar-refractivity contribution is -0.384. The molecular weight excluding hydrogens is 484 g/mol. The Kier molecular flexibility index (Phi) is 6.68. The van der Waals surface area contributed by atoms with E-state index in [4.69, 9.17) is 28.6 Å². The fourth-order valence-electron chi connectivity index (χ4n) is 3.67. The number of hydrogen-bond donors (Lipinski definition) is 1. The summed E-state index contributed by atoms with van der Waals surface area (Å²) in [7, 11) is 1.61. The number of nitrogens with one attached hydrogen (secondary N) is 1. The van der Waals surface area contributed by atoms with E-state index in [1.54, 1.807) is 18.1 Å². The number of ether oxygens (including phenoxy) is 1. The Hall–Kier alpha value is -2.95. The molecule has 1 saturated heterocycles. The molecule has 0 bridgehead atoms. The number of piperazine rings is 1. The summed E-state index contributed by atoms with van der Waals surface area (Å²) in [6, 6.07) is 10.3. The first-order chi connectivity index (χ1) is 15.8. The van der Waals surface area contributed by atoms with Gasteiger partial charge >= 0.3 is 0 Å². The van der Waals surface area contributed by atoms with Gasteiger partial charge in [-0.25, -0.2) is 0 Å². The van der Waals surface area contributed by atoms with Gasteiger partial charge in [0.05, 0.1) is 22.7 Å². The lowest BCUT2D eigenvalue weighted by Gasteiger charge is -2.36. The number of rotatable bonds is 4. The number of carbonyl (C=O) groups excluding carboxylic acids is 1. The monoisotopic (exact) mass is 504 g/mol. The molecule has 0 atom stereocenters. The number of hydrogen-bond acceptors (Lipinski definition) is 6. The number of aryl methyl sites for hydroxylation is 1. The van der Waals surface area contributed by atoms with Crippen LogP contribution in [0.4, 0.5) is 11.4 Å². The molecule has 11 heteroatoms. The molecule has 2 aromatic carbocycles. The van der Waals surface area contributed by atoms with E-state index in [2.05, 4.69) is 5.32 Å². The minimum atomic E-state index is -0.461. The number of nitro groups is 1. The Morgan fingerprint density at radius 2 is 1.88 bits per heavy atom. The summed E-state index contributed by atoms with van der Waals surface area (Å²) in [5, 5.41) is 15.8. The predicted octanol–water partition coefficient (Wildman–Crippen LogP) is 4.93. The van der Waals surface area contributed by atoms with Crippen molar-refractivity contribution in [3.63, 3.8) is 0 Å². The van der Waals surface area contributed by atoms with Crippen LogP contribution < -0.4 is 10.1 Å². The number of halogens is 1. The molecule has 1 aromatic heterocycles. The average molecular weight is 505 g/mol. The Bertz CT molecular complexity index is 1250. The Labute approximate surface area is 204 Å². The SMILES string of the molecule is COc1ccc(C)cc1NC(=S)N1CCN(C(=O)c2sc3cc([N+](=O)[O-])ccc3c2Cl)CC1. The number of methoxy groups -OCH3 is 1. The number of non-ortho nitro benzene ring substituents is 1. The van der Waals surface area contributed by atoms with Gasteiger partial charge in [0.1, 0.15) is 10.6 Å². The second kappa shape index (κ2) is 9.50. The van der Waals surface area contributed by atoms with Gasteiger partial charge in [0.25, 0.3) is 11.6 Å². The molecular formula is C22H21ClN4O4S2. The maximum Gasteiger partial charge on any atom is 0.270 e. The molecule has 1 aliphatic rings. The van der Waals surface area contributed by atoms with Gasteiger partial charge in [-0.2, -0.15) is 0 Å². The third-order valence-electron chi connectivity index (χ3n) is 5.47. The van der Waals surface area contributed by atoms with Crippen LogP contribution in [0, 0.1) is 17.0 Å². The fourth-order valence-corrected chi connectivity index (χ4v) is 5.48. The first kappa shape index (κ1) is 23.2. The van der Waals surface area contributed by atoms with Crippen molar-refractivity contribution in [2.75, 3.05) is 38.6 Å². The quantitative estimate of drug-likeness (QED) is 0.306. The molecule has 0 saturated carbocycles. The number of nitrogens with zero attached hydrogens (tertiary/aromatic N) is 3. The highest BCUT2D eigenvalue weighted by Crippen LogP contribution is 2.38. The number of fused-ring (bicyclic) bond motifs is 1. The third kappa shape index (κ3) is 4.73. The molecule has 172 valence electrons. The number of thiocarbonyl (C=S) groups is 1. The van der Waals surface area contributed by atoms with E-state index < -0.39 is 4.92 Å². The second-order valence-corrected chi connectivity index (χ2v) is 9.41. The summed E-state index contributed by atoms with van der Waals surface area (Å²) in [4.78, 5) is 27.9. The predicted molar refractivity (Wildman–Crippen MR) is 135 cm³/mol. The Morgan fingerprint density at radius 3 is 2.55 bits per heavy atom. The third-order valence-corrected chi connectivity index (χ3v) is 7.47. The zero-order valence-corrected chi connectivity index (χ0v) is 20.4. The number of thiophene rings is 1. The highest BCUT2D eigenvalue weighted by molar-refractivity contribution is 7.80. The molecule has 0 spiro atoms. The lowest BCUT2D eigenvalue weighted by atomic mass is 10.2. The number of carbonyl (C=O) groups is 1. The smallest absolute Gasteiger partial charge is 0.270 e. The molecule has 1 aliphatic heterocycles. The Balaban J connectivity index is 1.43. The molecule has 0 radical (unpaired) electrons. The van der Waals surface area contributed by atoms with Crippen molar-refractivity contribution in [1.82, 2.24) is 9.80 Å². The largest absolute Gasteiger partial charge is 0.495 e. The summed E-state index contributed by atoms with van der Waals surface area (Å²) >= 11 is 13.2. The zero-order valence-electron chi connectivity index (χ0n) is 18.0. The standard InChI is InChI=1S/C22H21ClN4O4S2/c1-13-3-6-17(31-2)16(11-13)24-22(32)26-9-7-25(8-10-26)21(28)20-19(23)15-5-4-14(27(29)30)12-18(15)33-20/h3-6,11-12H,7-10H2,1-2H3,(H,24,32). The molecule has 3 aromatic rings. The highest BCUT2D eigenvalue weighted by Gasteiger charge is 2.27. The summed E-state index contributed by atoms with van der Waals surface area (Å²) < 4.78 is 6.02. The highest BCUT2D eigenvalue weighted by atomic mass is 35.5. The first-order valence-electron chi connectivity index (χ1n) is 10.1. The molecule has 1 fully saturated rings. The molecule has 4 rings (SSSR count). The number of anilines is 1. The molecule has 0 unspecified atom stereocenters. The minimum Gasteiger partial charge on any atom is -0.495 e. The maximum atomic E-state index is 13.1. The van der Waals surface area contributed by atoms with Crippen molar-refractivity contribution in [2.24, 2.45) is 0 Å². The van der Waals surface area contributed by atoms with Crippen LogP contribution in [0.15, 0.2) is 36.4 Å². The van der Waals surface area contributed by atoms with E-state index >= 15 is 0 Å². The van der Waals surface area contributed by atoms with Crippen LogP contribution in [0.25, 0.3) is 10.1 Å². The van der Waals surface area contributed by atoms with Gasteiger partial charge in [-0.1, -0.05) is 17.7 Å². The van der Waals surface area contributed by atoms with Crippen LogP contribution in [-0.2, 0) is 0 Å². The number of benzene rings is 2. The van der Waals surface area contributed by atoms with E-state index in [-0.39, 0.29) is 11.6 Å². The first-order valence-corrected chi connectivity index (χ1v) is 11.7. The van der Waals surface area contributed by atoms with Crippen molar-refractivity contribution >= 4 is 67.6 Å². The van der Waals surface area contributed by atoms with Crippen molar-refractivity contribution in [3.05, 3.63) is 62.0 Å². The molecule has 8 nitrogen and oxygen atoms in total. The van der Waals surface area contributed by atoms with Crippen molar-refractivity contribution in [3.8, 4) is 5.75 Å². The fraction of sp³-hybridized carbons (Fsp3) is 0.273. The van der Waals surface area contributed by atoms with E-state index in [0.717, 1.165) is 11.3 Å². The summed E-state index contributed by atoms with van der Waals surface area (Å²) in [5.74, 6) is 0.527. The van der Waals surface area contributed by atoms with Gasteiger partial charge in [-0.3, -0.25) is 14.9 Å². The van der Waals surface area contributed by atoms with Gasteiger partial charge in [-0.05, 0) is 42.9 Å². The van der Waals surface area contributed by atoms with Crippen molar-refractivity contribution in [1.29, 1.82) is 0 Å². The summed E-state index contributed by atoms with van der Waals surface area (Å²) in [6.45, 7) is 4.10.